The molecule has 0 fully saturated rings. The maximum atomic E-state index is 5.56. The molecule has 3 heteroatoms. The van der Waals surface area contributed by atoms with Gasteiger partial charge in [0.2, 0.25) is 0 Å². The summed E-state index contributed by atoms with van der Waals surface area (Å²) in [7, 11) is 0. The van der Waals surface area contributed by atoms with E-state index in [1.54, 1.807) is 0 Å². The van der Waals surface area contributed by atoms with Crippen molar-refractivity contribution in [2.75, 3.05) is 32.9 Å². The van der Waals surface area contributed by atoms with Crippen molar-refractivity contribution in [2.24, 2.45) is 0 Å². The first kappa shape index (κ1) is 14.6. The van der Waals surface area contributed by atoms with E-state index in [0.29, 0.717) is 6.61 Å². The molecule has 15 heavy (non-hydrogen) atoms. The summed E-state index contributed by atoms with van der Waals surface area (Å²) < 4.78 is 10.9. The Balaban J connectivity index is 3.09. The molecule has 0 aromatic rings. The number of rotatable bonds is 8. The molecule has 0 amide bonds. The van der Waals surface area contributed by atoms with Crippen LogP contribution in [0.5, 0.6) is 0 Å². The van der Waals surface area contributed by atoms with E-state index in [1.807, 2.05) is 6.92 Å². The van der Waals surface area contributed by atoms with Gasteiger partial charge in [-0.2, -0.15) is 0 Å². The first-order chi connectivity index (χ1) is 6.92. The van der Waals surface area contributed by atoms with Gasteiger partial charge in [-0.15, -0.1) is 0 Å². The molecule has 90 valence electrons. The van der Waals surface area contributed by atoms with Gasteiger partial charge in [0.25, 0.3) is 0 Å². The van der Waals surface area contributed by atoms with Gasteiger partial charge in [0.15, 0.2) is 0 Å². The van der Waals surface area contributed by atoms with Crippen molar-refractivity contribution in [3.63, 3.8) is 0 Å². The van der Waals surface area contributed by atoms with Gasteiger partial charge in [0.05, 0.1) is 25.4 Å². The Morgan fingerprint density at radius 3 is 2.33 bits per heavy atom. The van der Waals surface area contributed by atoms with Crippen molar-refractivity contribution < 1.29 is 9.47 Å². The van der Waals surface area contributed by atoms with Crippen molar-refractivity contribution in [3.8, 4) is 0 Å². The lowest BCUT2D eigenvalue weighted by molar-refractivity contribution is -0.00123. The van der Waals surface area contributed by atoms with Crippen molar-refractivity contribution in [3.05, 3.63) is 12.2 Å². The van der Waals surface area contributed by atoms with Crippen LogP contribution in [0.25, 0.3) is 0 Å². The van der Waals surface area contributed by atoms with E-state index in [0.717, 1.165) is 31.9 Å². The highest BCUT2D eigenvalue weighted by molar-refractivity contribution is 4.87. The highest BCUT2D eigenvalue weighted by Gasteiger charge is 2.08. The summed E-state index contributed by atoms with van der Waals surface area (Å²) in [5.74, 6) is 0. The van der Waals surface area contributed by atoms with Crippen LogP contribution in [0.3, 0.4) is 0 Å². The van der Waals surface area contributed by atoms with Crippen LogP contribution in [0.2, 0.25) is 0 Å². The fourth-order valence-corrected chi connectivity index (χ4v) is 0.945. The molecule has 0 saturated carbocycles. The third-order valence-electron chi connectivity index (χ3n) is 1.59. The minimum absolute atomic E-state index is 0.0435. The Morgan fingerprint density at radius 1 is 1.20 bits per heavy atom. The van der Waals surface area contributed by atoms with Crippen LogP contribution in [0.4, 0.5) is 0 Å². The second kappa shape index (κ2) is 7.85. The Bertz CT molecular complexity index is 173. The fourth-order valence-electron chi connectivity index (χ4n) is 0.945. The molecule has 3 nitrogen and oxygen atoms in total. The first-order valence-corrected chi connectivity index (χ1v) is 5.48. The molecular formula is C12H25NO2. The van der Waals surface area contributed by atoms with E-state index >= 15 is 0 Å². The van der Waals surface area contributed by atoms with Crippen LogP contribution < -0.4 is 5.32 Å². The molecule has 0 aliphatic carbocycles. The molecule has 1 N–H and O–H groups in total. The van der Waals surface area contributed by atoms with Crippen LogP contribution in [-0.2, 0) is 9.47 Å². The van der Waals surface area contributed by atoms with E-state index < -0.39 is 0 Å². The Labute approximate surface area is 93.8 Å². The zero-order chi connectivity index (χ0) is 11.7. The van der Waals surface area contributed by atoms with Gasteiger partial charge in [0.1, 0.15) is 0 Å². The molecule has 0 aromatic heterocycles. The fraction of sp³-hybridized carbons (Fsp3) is 0.833. The number of ether oxygens (including phenoxy) is 2. The monoisotopic (exact) mass is 215 g/mol. The van der Waals surface area contributed by atoms with Gasteiger partial charge in [-0.25, -0.2) is 0 Å². The van der Waals surface area contributed by atoms with Crippen LogP contribution in [0, 0.1) is 0 Å². The molecule has 0 heterocycles. The van der Waals surface area contributed by atoms with E-state index in [2.05, 4.69) is 32.7 Å². The molecule has 0 rings (SSSR count). The van der Waals surface area contributed by atoms with Crippen LogP contribution in [-0.4, -0.2) is 38.5 Å². The topological polar surface area (TPSA) is 30.5 Å². The summed E-state index contributed by atoms with van der Waals surface area (Å²) in [4.78, 5) is 0. The molecule has 0 unspecified atom stereocenters. The second-order valence-electron chi connectivity index (χ2n) is 4.72. The molecule has 0 bridgehead atoms. The molecule has 0 atom stereocenters. The lowest BCUT2D eigenvalue weighted by atomic mass is 10.2. The Hall–Kier alpha value is -0.380. The average molecular weight is 215 g/mol. The summed E-state index contributed by atoms with van der Waals surface area (Å²) >= 11 is 0. The lowest BCUT2D eigenvalue weighted by Crippen LogP contribution is -2.28. The highest BCUT2D eigenvalue weighted by atomic mass is 16.5. The van der Waals surface area contributed by atoms with Crippen molar-refractivity contribution in [1.82, 2.24) is 5.32 Å². The van der Waals surface area contributed by atoms with Gasteiger partial charge < -0.3 is 14.8 Å². The number of hydrogen-bond acceptors (Lipinski definition) is 3. The predicted octanol–water partition coefficient (Wildman–Crippen LogP) is 1.98. The minimum Gasteiger partial charge on any atom is -0.376 e. The summed E-state index contributed by atoms with van der Waals surface area (Å²) in [5.41, 5.74) is 1.02. The minimum atomic E-state index is -0.0435. The van der Waals surface area contributed by atoms with Gasteiger partial charge >= 0.3 is 0 Å². The van der Waals surface area contributed by atoms with E-state index in [9.17, 15) is 0 Å². The summed E-state index contributed by atoms with van der Waals surface area (Å²) in [5, 5.41) is 3.25. The van der Waals surface area contributed by atoms with Crippen LogP contribution >= 0.6 is 0 Å². The van der Waals surface area contributed by atoms with Crippen LogP contribution in [0.1, 0.15) is 27.7 Å². The highest BCUT2D eigenvalue weighted by Crippen LogP contribution is 2.04. The molecule has 0 aromatic carbocycles. The maximum Gasteiger partial charge on any atom is 0.0672 e. The first-order valence-electron chi connectivity index (χ1n) is 5.48. The van der Waals surface area contributed by atoms with E-state index in [4.69, 9.17) is 9.47 Å². The Kier molecular flexibility index (Phi) is 7.65. The summed E-state index contributed by atoms with van der Waals surface area (Å²) in [6.45, 7) is 15.8. The maximum absolute atomic E-state index is 5.56. The Morgan fingerprint density at radius 2 is 1.80 bits per heavy atom. The third kappa shape index (κ3) is 13.6. The summed E-state index contributed by atoms with van der Waals surface area (Å²) in [6.07, 6.45) is 0. The van der Waals surface area contributed by atoms with Gasteiger partial charge in [0, 0.05) is 13.1 Å². The standard InChI is InChI=1S/C12H25NO2/c1-11(2)10-14-8-6-13-7-9-15-12(3,4)5/h13H,1,6-10H2,2-5H3. The average Bonchev–Trinajstić information content (AvgIpc) is 2.07. The van der Waals surface area contributed by atoms with E-state index in [1.165, 1.54) is 0 Å². The zero-order valence-electron chi connectivity index (χ0n) is 10.6. The van der Waals surface area contributed by atoms with Crippen molar-refractivity contribution >= 4 is 0 Å². The van der Waals surface area contributed by atoms with Crippen molar-refractivity contribution in [1.29, 1.82) is 0 Å². The van der Waals surface area contributed by atoms with Crippen molar-refractivity contribution in [2.45, 2.75) is 33.3 Å². The summed E-state index contributed by atoms with van der Waals surface area (Å²) in [6, 6.07) is 0. The smallest absolute Gasteiger partial charge is 0.0672 e. The van der Waals surface area contributed by atoms with Gasteiger partial charge in [-0.1, -0.05) is 12.2 Å². The van der Waals surface area contributed by atoms with Gasteiger partial charge in [-0.05, 0) is 27.7 Å². The van der Waals surface area contributed by atoms with E-state index in [-0.39, 0.29) is 5.60 Å². The molecular weight excluding hydrogens is 190 g/mol. The lowest BCUT2D eigenvalue weighted by Gasteiger charge is -2.19. The van der Waals surface area contributed by atoms with Gasteiger partial charge in [-0.3, -0.25) is 0 Å². The number of hydrogen-bond donors (Lipinski definition) is 1. The molecule has 0 spiro atoms. The third-order valence-corrected chi connectivity index (χ3v) is 1.59. The molecule has 0 aliphatic rings. The number of nitrogens with one attached hydrogen (secondary N) is 1. The molecule has 0 saturated heterocycles. The normalized spacial score (nSPS) is 11.7. The predicted molar refractivity (Wildman–Crippen MR) is 64.2 cm³/mol. The largest absolute Gasteiger partial charge is 0.376 e. The zero-order valence-corrected chi connectivity index (χ0v) is 10.6. The van der Waals surface area contributed by atoms with Crippen LogP contribution in [0.15, 0.2) is 12.2 Å². The molecule has 0 aliphatic heterocycles. The SMILES string of the molecule is C=C(C)COCCNCCOC(C)(C)C. The second-order valence-corrected chi connectivity index (χ2v) is 4.72. The molecule has 0 radical (unpaired) electrons. The quantitative estimate of drug-likeness (QED) is 0.496.